The minimum Gasteiger partial charge on any atom is -0.297 e. The molecule has 0 N–H and O–H groups in total. The molecule has 0 aliphatic heterocycles. The highest BCUT2D eigenvalue weighted by Gasteiger charge is 2.06. The van der Waals surface area contributed by atoms with Crippen LogP contribution in [0.3, 0.4) is 0 Å². The second-order valence-electron chi connectivity index (χ2n) is 3.72. The third kappa shape index (κ3) is 5.34. The Morgan fingerprint density at radius 1 is 1.25 bits per heavy atom. The van der Waals surface area contributed by atoms with E-state index >= 15 is 0 Å². The van der Waals surface area contributed by atoms with Crippen molar-refractivity contribution in [2.24, 2.45) is 16.8 Å². The predicted molar refractivity (Wildman–Crippen MR) is 56.9 cm³/mol. The number of hydrogen-bond acceptors (Lipinski definition) is 1. The molecule has 0 aliphatic rings. The Bertz CT molecular complexity index is 116. The largest absolute Gasteiger partial charge is 0.297 e. The number of rotatable bonds is 6. The van der Waals surface area contributed by atoms with Crippen LogP contribution in [0.2, 0.25) is 0 Å². The smallest absolute Gasteiger partial charge is 0.0385 e. The lowest BCUT2D eigenvalue weighted by Gasteiger charge is -2.12. The van der Waals surface area contributed by atoms with Crippen LogP contribution in [-0.2, 0) is 0 Å². The van der Waals surface area contributed by atoms with Gasteiger partial charge in [0.05, 0.1) is 0 Å². The van der Waals surface area contributed by atoms with E-state index in [0.717, 1.165) is 12.5 Å². The number of aliphatic imine (C=N–C) groups is 1. The topological polar surface area (TPSA) is 12.4 Å². The first kappa shape index (κ1) is 11.7. The Kier molecular flexibility index (Phi) is 7.12. The average Bonchev–Trinajstić information content (AvgIpc) is 2.04. The normalized spacial score (nSPS) is 14.4. The van der Waals surface area contributed by atoms with Gasteiger partial charge in [-0.25, -0.2) is 0 Å². The quantitative estimate of drug-likeness (QED) is 0.426. The predicted octanol–water partition coefficient (Wildman–Crippen LogP) is 3.54. The summed E-state index contributed by atoms with van der Waals surface area (Å²) in [6.45, 7) is 9.98. The summed E-state index contributed by atoms with van der Waals surface area (Å²) in [7, 11) is 0. The van der Waals surface area contributed by atoms with Crippen LogP contribution in [0.25, 0.3) is 0 Å². The maximum Gasteiger partial charge on any atom is 0.0385 e. The monoisotopic (exact) mass is 169 g/mol. The van der Waals surface area contributed by atoms with Crippen LogP contribution >= 0.6 is 0 Å². The van der Waals surface area contributed by atoms with Crippen LogP contribution in [0.15, 0.2) is 4.99 Å². The number of unbranched alkanes of at least 4 members (excludes halogenated alkanes) is 1. The van der Waals surface area contributed by atoms with E-state index in [2.05, 4.69) is 38.9 Å². The van der Waals surface area contributed by atoms with Crippen LogP contribution in [0.5, 0.6) is 0 Å². The molecule has 0 rings (SSSR count). The third-order valence-corrected chi connectivity index (χ3v) is 2.27. The van der Waals surface area contributed by atoms with E-state index in [4.69, 9.17) is 0 Å². The average molecular weight is 169 g/mol. The summed E-state index contributed by atoms with van der Waals surface area (Å²) in [4.78, 5) is 4.43. The lowest BCUT2D eigenvalue weighted by atomic mass is 9.95. The molecule has 0 fully saturated rings. The molecule has 1 heteroatoms. The Balaban J connectivity index is 3.61. The van der Waals surface area contributed by atoms with E-state index in [1.54, 1.807) is 0 Å². The van der Waals surface area contributed by atoms with Gasteiger partial charge in [0.15, 0.2) is 0 Å². The highest BCUT2D eigenvalue weighted by Crippen LogP contribution is 2.11. The van der Waals surface area contributed by atoms with Crippen molar-refractivity contribution in [2.45, 2.75) is 47.0 Å². The van der Waals surface area contributed by atoms with Gasteiger partial charge in [-0.2, -0.15) is 0 Å². The van der Waals surface area contributed by atoms with Crippen molar-refractivity contribution in [1.29, 1.82) is 0 Å². The highest BCUT2D eigenvalue weighted by atomic mass is 14.7. The third-order valence-electron chi connectivity index (χ3n) is 2.27. The van der Waals surface area contributed by atoms with Crippen molar-refractivity contribution >= 4 is 6.21 Å². The van der Waals surface area contributed by atoms with Gasteiger partial charge in [0.25, 0.3) is 0 Å². The minimum absolute atomic E-state index is 0.682. The van der Waals surface area contributed by atoms with E-state index < -0.39 is 0 Å². The molecule has 0 aromatic heterocycles. The standard InChI is InChI=1S/C11H23N/c1-5-7-8-12-9-11(6-2)10(3)4/h9-11H,5-8H2,1-4H3. The molecule has 0 saturated heterocycles. The zero-order valence-electron chi connectivity index (χ0n) is 9.01. The van der Waals surface area contributed by atoms with E-state index in [-0.39, 0.29) is 0 Å². The zero-order valence-corrected chi connectivity index (χ0v) is 9.01. The SMILES string of the molecule is CCCCN=CC(CC)C(C)C. The second kappa shape index (κ2) is 7.33. The van der Waals surface area contributed by atoms with Crippen LogP contribution in [0.4, 0.5) is 0 Å². The van der Waals surface area contributed by atoms with Crippen molar-refractivity contribution in [3.05, 3.63) is 0 Å². The summed E-state index contributed by atoms with van der Waals surface area (Å²) >= 11 is 0. The fraction of sp³-hybridized carbons (Fsp3) is 0.909. The van der Waals surface area contributed by atoms with Gasteiger partial charge < -0.3 is 0 Å². The molecule has 0 aromatic carbocycles. The van der Waals surface area contributed by atoms with Crippen molar-refractivity contribution in [3.63, 3.8) is 0 Å². The Labute approximate surface area is 77.3 Å². The molecule has 0 aromatic rings. The van der Waals surface area contributed by atoms with E-state index in [1.165, 1.54) is 19.3 Å². The Morgan fingerprint density at radius 3 is 2.33 bits per heavy atom. The first-order valence-corrected chi connectivity index (χ1v) is 5.22. The molecule has 1 atom stereocenters. The van der Waals surface area contributed by atoms with Crippen molar-refractivity contribution in [1.82, 2.24) is 0 Å². The summed E-state index contributed by atoms with van der Waals surface area (Å²) < 4.78 is 0. The van der Waals surface area contributed by atoms with Crippen LogP contribution in [0, 0.1) is 11.8 Å². The summed E-state index contributed by atoms with van der Waals surface area (Å²) in [6, 6.07) is 0. The van der Waals surface area contributed by atoms with Gasteiger partial charge in [0.2, 0.25) is 0 Å². The fourth-order valence-corrected chi connectivity index (χ4v) is 1.21. The summed E-state index contributed by atoms with van der Waals surface area (Å²) in [5.74, 6) is 1.42. The Hall–Kier alpha value is -0.330. The summed E-state index contributed by atoms with van der Waals surface area (Å²) in [6.07, 6.45) is 5.84. The lowest BCUT2D eigenvalue weighted by molar-refractivity contribution is 0.487. The maximum absolute atomic E-state index is 4.43. The lowest BCUT2D eigenvalue weighted by Crippen LogP contribution is -2.08. The molecule has 0 spiro atoms. The van der Waals surface area contributed by atoms with Gasteiger partial charge in [0, 0.05) is 12.8 Å². The number of hydrogen-bond donors (Lipinski definition) is 0. The number of nitrogens with zero attached hydrogens (tertiary/aromatic N) is 1. The molecule has 0 bridgehead atoms. The van der Waals surface area contributed by atoms with Crippen molar-refractivity contribution in [2.75, 3.05) is 6.54 Å². The molecule has 0 aliphatic carbocycles. The second-order valence-corrected chi connectivity index (χ2v) is 3.72. The molecule has 1 nitrogen and oxygen atoms in total. The van der Waals surface area contributed by atoms with Gasteiger partial charge in [-0.05, 0) is 24.7 Å². The summed E-state index contributed by atoms with van der Waals surface area (Å²) in [5, 5.41) is 0. The maximum atomic E-state index is 4.43. The molecule has 0 radical (unpaired) electrons. The van der Waals surface area contributed by atoms with E-state index in [1.807, 2.05) is 0 Å². The Morgan fingerprint density at radius 2 is 1.92 bits per heavy atom. The van der Waals surface area contributed by atoms with Gasteiger partial charge >= 0.3 is 0 Å². The fourth-order valence-electron chi connectivity index (χ4n) is 1.21. The van der Waals surface area contributed by atoms with Crippen LogP contribution in [-0.4, -0.2) is 12.8 Å². The molecule has 0 amide bonds. The van der Waals surface area contributed by atoms with Gasteiger partial charge in [-0.1, -0.05) is 34.1 Å². The van der Waals surface area contributed by atoms with Gasteiger partial charge in [-0.3, -0.25) is 4.99 Å². The molecule has 0 heterocycles. The van der Waals surface area contributed by atoms with Gasteiger partial charge in [-0.15, -0.1) is 0 Å². The minimum atomic E-state index is 0.682. The van der Waals surface area contributed by atoms with Crippen LogP contribution in [0.1, 0.15) is 47.0 Å². The van der Waals surface area contributed by atoms with Crippen LogP contribution < -0.4 is 0 Å². The molecular formula is C11H23N. The van der Waals surface area contributed by atoms with Gasteiger partial charge in [0.1, 0.15) is 0 Å². The van der Waals surface area contributed by atoms with E-state index in [0.29, 0.717) is 5.92 Å². The van der Waals surface area contributed by atoms with E-state index in [9.17, 15) is 0 Å². The molecule has 12 heavy (non-hydrogen) atoms. The zero-order chi connectivity index (χ0) is 9.40. The van der Waals surface area contributed by atoms with Crippen molar-refractivity contribution in [3.8, 4) is 0 Å². The molecule has 72 valence electrons. The first-order chi connectivity index (χ1) is 5.72. The molecular weight excluding hydrogens is 146 g/mol. The first-order valence-electron chi connectivity index (χ1n) is 5.22. The summed E-state index contributed by atoms with van der Waals surface area (Å²) in [5.41, 5.74) is 0. The molecule has 0 saturated carbocycles. The highest BCUT2D eigenvalue weighted by molar-refractivity contribution is 5.60. The van der Waals surface area contributed by atoms with Crippen molar-refractivity contribution < 1.29 is 0 Å². The molecule has 1 unspecified atom stereocenters.